The highest BCUT2D eigenvalue weighted by molar-refractivity contribution is 5.26. The van der Waals surface area contributed by atoms with Crippen molar-refractivity contribution in [3.8, 4) is 5.75 Å². The minimum atomic E-state index is -2.48. The number of hydrogen-bond donors (Lipinski definition) is 0. The molecule has 1 aromatic carbocycles. The van der Waals surface area contributed by atoms with E-state index in [1.165, 1.54) is 0 Å². The number of benzene rings is 1. The lowest BCUT2D eigenvalue weighted by molar-refractivity contribution is 0.0856. The molecule has 0 aromatic heterocycles. The normalized spacial score (nSPS) is 23.2. The molecule has 3 heteroatoms. The van der Waals surface area contributed by atoms with Crippen LogP contribution in [0.1, 0.15) is 12.0 Å². The van der Waals surface area contributed by atoms with Crippen molar-refractivity contribution in [1.29, 1.82) is 0 Å². The van der Waals surface area contributed by atoms with Crippen LogP contribution in [0, 0.1) is 12.8 Å². The van der Waals surface area contributed by atoms with Crippen molar-refractivity contribution in [2.45, 2.75) is 19.3 Å². The number of alkyl halides is 2. The van der Waals surface area contributed by atoms with Gasteiger partial charge in [-0.3, -0.25) is 0 Å². The molecule has 1 nitrogen and oxygen atoms in total. The third-order valence-corrected chi connectivity index (χ3v) is 2.43. The number of ether oxygens (including phenoxy) is 1. The summed E-state index contributed by atoms with van der Waals surface area (Å²) in [6.45, 7) is 2.09. The molecule has 1 aromatic rings. The zero-order valence-electron chi connectivity index (χ0n) is 7.97. The molecule has 1 unspecified atom stereocenters. The van der Waals surface area contributed by atoms with E-state index in [1.807, 2.05) is 19.1 Å². The van der Waals surface area contributed by atoms with E-state index in [-0.39, 0.29) is 13.0 Å². The van der Waals surface area contributed by atoms with Gasteiger partial charge in [0.2, 0.25) is 0 Å². The summed E-state index contributed by atoms with van der Waals surface area (Å²) in [5.74, 6) is -2.40. The van der Waals surface area contributed by atoms with E-state index < -0.39 is 11.8 Å². The maximum Gasteiger partial charge on any atom is 0.255 e. The maximum atomic E-state index is 12.5. The lowest BCUT2D eigenvalue weighted by Crippen LogP contribution is -2.05. The molecule has 2 rings (SSSR count). The third-order valence-electron chi connectivity index (χ3n) is 2.43. The van der Waals surface area contributed by atoms with Crippen LogP contribution in [-0.2, 0) is 0 Å². The van der Waals surface area contributed by atoms with Crippen LogP contribution in [0.4, 0.5) is 8.78 Å². The van der Waals surface area contributed by atoms with Gasteiger partial charge in [0.25, 0.3) is 5.92 Å². The van der Waals surface area contributed by atoms with Crippen molar-refractivity contribution >= 4 is 0 Å². The topological polar surface area (TPSA) is 9.23 Å². The van der Waals surface area contributed by atoms with Gasteiger partial charge in [-0.05, 0) is 19.1 Å². The van der Waals surface area contributed by atoms with E-state index in [2.05, 4.69) is 0 Å². The molecule has 1 atom stereocenters. The molecule has 0 saturated heterocycles. The summed E-state index contributed by atoms with van der Waals surface area (Å²) in [6.07, 6.45) is -0.0289. The first-order valence-electron chi connectivity index (χ1n) is 4.65. The first-order chi connectivity index (χ1) is 6.58. The number of aryl methyl sites for hydroxylation is 1. The quantitative estimate of drug-likeness (QED) is 0.725. The molecular formula is C11H12F2O. The predicted molar refractivity (Wildman–Crippen MR) is 49.7 cm³/mol. The first-order valence-corrected chi connectivity index (χ1v) is 4.65. The second-order valence-electron chi connectivity index (χ2n) is 3.79. The SMILES string of the molecule is Cc1ccc(OCC2CC2(F)F)cc1. The summed E-state index contributed by atoms with van der Waals surface area (Å²) in [7, 11) is 0. The van der Waals surface area contributed by atoms with E-state index >= 15 is 0 Å². The Morgan fingerprint density at radius 1 is 1.36 bits per heavy atom. The average Bonchev–Trinajstić information content (AvgIpc) is 2.73. The predicted octanol–water partition coefficient (Wildman–Crippen LogP) is 3.03. The van der Waals surface area contributed by atoms with Crippen LogP contribution in [-0.4, -0.2) is 12.5 Å². The fourth-order valence-electron chi connectivity index (χ4n) is 1.28. The monoisotopic (exact) mass is 198 g/mol. The molecule has 76 valence electrons. The molecule has 1 aliphatic rings. The van der Waals surface area contributed by atoms with Gasteiger partial charge in [-0.25, -0.2) is 8.78 Å². The number of rotatable bonds is 3. The summed E-state index contributed by atoms with van der Waals surface area (Å²) < 4.78 is 30.2. The fraction of sp³-hybridized carbons (Fsp3) is 0.455. The Labute approximate surface area is 81.7 Å². The molecule has 0 bridgehead atoms. The maximum absolute atomic E-state index is 12.5. The van der Waals surface area contributed by atoms with Gasteiger partial charge in [0.15, 0.2) is 0 Å². The van der Waals surface area contributed by atoms with Gasteiger partial charge < -0.3 is 4.74 Å². The van der Waals surface area contributed by atoms with Crippen molar-refractivity contribution in [2.75, 3.05) is 6.61 Å². The van der Waals surface area contributed by atoms with Crippen LogP contribution in [0.25, 0.3) is 0 Å². The zero-order valence-corrected chi connectivity index (χ0v) is 7.97. The molecule has 0 aliphatic heterocycles. The minimum absolute atomic E-state index is 0.0289. The molecule has 1 fully saturated rings. The van der Waals surface area contributed by atoms with E-state index in [1.54, 1.807) is 12.1 Å². The molecule has 1 aliphatic carbocycles. The van der Waals surface area contributed by atoms with Crippen LogP contribution in [0.2, 0.25) is 0 Å². The van der Waals surface area contributed by atoms with Crippen molar-refractivity contribution in [3.63, 3.8) is 0 Å². The molecule has 14 heavy (non-hydrogen) atoms. The van der Waals surface area contributed by atoms with Gasteiger partial charge in [-0.1, -0.05) is 17.7 Å². The standard InChI is InChI=1S/C11H12F2O/c1-8-2-4-10(5-3-8)14-7-9-6-11(9,12)13/h2-5,9H,6-7H2,1H3. The zero-order chi connectivity index (χ0) is 10.2. The van der Waals surface area contributed by atoms with Gasteiger partial charge in [0.1, 0.15) is 5.75 Å². The average molecular weight is 198 g/mol. The first kappa shape index (κ1) is 9.44. The second kappa shape index (κ2) is 3.23. The summed E-state index contributed by atoms with van der Waals surface area (Å²) in [5, 5.41) is 0. The summed E-state index contributed by atoms with van der Waals surface area (Å²) >= 11 is 0. The highest BCUT2D eigenvalue weighted by Gasteiger charge is 2.57. The second-order valence-corrected chi connectivity index (χ2v) is 3.79. The van der Waals surface area contributed by atoms with Gasteiger partial charge in [-0.15, -0.1) is 0 Å². The van der Waals surface area contributed by atoms with Crippen LogP contribution >= 0.6 is 0 Å². The minimum Gasteiger partial charge on any atom is -0.493 e. The summed E-state index contributed by atoms with van der Waals surface area (Å²) in [5.41, 5.74) is 1.13. The van der Waals surface area contributed by atoms with Crippen molar-refractivity contribution in [1.82, 2.24) is 0 Å². The molecular weight excluding hydrogens is 186 g/mol. The number of halogens is 2. The Morgan fingerprint density at radius 3 is 2.43 bits per heavy atom. The summed E-state index contributed by atoms with van der Waals surface area (Å²) in [4.78, 5) is 0. The Bertz CT molecular complexity index is 319. The van der Waals surface area contributed by atoms with E-state index in [9.17, 15) is 8.78 Å². The van der Waals surface area contributed by atoms with Gasteiger partial charge >= 0.3 is 0 Å². The van der Waals surface area contributed by atoms with Gasteiger partial charge in [0.05, 0.1) is 12.5 Å². The van der Waals surface area contributed by atoms with Crippen LogP contribution in [0.15, 0.2) is 24.3 Å². The molecule has 0 N–H and O–H groups in total. The Morgan fingerprint density at radius 2 is 1.93 bits per heavy atom. The van der Waals surface area contributed by atoms with Crippen LogP contribution in [0.3, 0.4) is 0 Å². The molecule has 0 amide bonds. The Hall–Kier alpha value is -1.12. The van der Waals surface area contributed by atoms with E-state index in [0.717, 1.165) is 5.56 Å². The smallest absolute Gasteiger partial charge is 0.255 e. The van der Waals surface area contributed by atoms with Crippen molar-refractivity contribution < 1.29 is 13.5 Å². The van der Waals surface area contributed by atoms with Crippen molar-refractivity contribution in [2.24, 2.45) is 5.92 Å². The Kier molecular flexibility index (Phi) is 2.17. The van der Waals surface area contributed by atoms with Crippen LogP contribution in [0.5, 0.6) is 5.75 Å². The lowest BCUT2D eigenvalue weighted by Gasteiger charge is -2.05. The summed E-state index contributed by atoms with van der Waals surface area (Å²) in [6, 6.07) is 7.41. The lowest BCUT2D eigenvalue weighted by atomic mass is 10.2. The molecule has 0 spiro atoms. The van der Waals surface area contributed by atoms with Crippen LogP contribution < -0.4 is 4.74 Å². The molecule has 0 heterocycles. The van der Waals surface area contributed by atoms with E-state index in [0.29, 0.717) is 5.75 Å². The number of hydrogen-bond acceptors (Lipinski definition) is 1. The highest BCUT2D eigenvalue weighted by Crippen LogP contribution is 2.48. The van der Waals surface area contributed by atoms with Gasteiger partial charge in [-0.2, -0.15) is 0 Å². The van der Waals surface area contributed by atoms with Gasteiger partial charge in [0, 0.05) is 6.42 Å². The highest BCUT2D eigenvalue weighted by atomic mass is 19.3. The van der Waals surface area contributed by atoms with E-state index in [4.69, 9.17) is 4.74 Å². The fourth-order valence-corrected chi connectivity index (χ4v) is 1.28. The largest absolute Gasteiger partial charge is 0.493 e. The van der Waals surface area contributed by atoms with Crippen molar-refractivity contribution in [3.05, 3.63) is 29.8 Å². The Balaban J connectivity index is 1.84. The third kappa shape index (κ3) is 2.03. The molecule has 0 radical (unpaired) electrons. The molecule has 1 saturated carbocycles.